The zero-order chi connectivity index (χ0) is 19.6. The van der Waals surface area contributed by atoms with Crippen LogP contribution in [0.15, 0.2) is 29.3 Å². The summed E-state index contributed by atoms with van der Waals surface area (Å²) in [5.41, 5.74) is 1.20. The molecule has 0 spiro atoms. The van der Waals surface area contributed by atoms with E-state index in [1.54, 1.807) is 19.1 Å². The zero-order valence-corrected chi connectivity index (χ0v) is 19.0. The van der Waals surface area contributed by atoms with Gasteiger partial charge in [0.2, 0.25) is 5.91 Å². The highest BCUT2D eigenvalue weighted by atomic mass is 127. The number of nitrogens with one attached hydrogen (secondary N) is 3. The van der Waals surface area contributed by atoms with Crippen molar-refractivity contribution < 1.29 is 14.3 Å². The van der Waals surface area contributed by atoms with Gasteiger partial charge >= 0.3 is 5.97 Å². The summed E-state index contributed by atoms with van der Waals surface area (Å²) < 4.78 is 4.96. The maximum atomic E-state index is 11.9. The van der Waals surface area contributed by atoms with Crippen molar-refractivity contribution in [3.8, 4) is 0 Å². The molecule has 0 saturated heterocycles. The minimum Gasteiger partial charge on any atom is -0.462 e. The summed E-state index contributed by atoms with van der Waals surface area (Å²) in [6.45, 7) is 11.2. The third kappa shape index (κ3) is 10.8. The number of carbonyl (C=O) groups excluding carboxylic acids is 2. The van der Waals surface area contributed by atoms with Crippen molar-refractivity contribution in [3.63, 3.8) is 0 Å². The van der Waals surface area contributed by atoms with Crippen LogP contribution in [0, 0.1) is 0 Å². The average molecular weight is 490 g/mol. The topological polar surface area (TPSA) is 91.8 Å². The molecule has 0 bridgehead atoms. The zero-order valence-electron chi connectivity index (χ0n) is 16.7. The molecule has 7 nitrogen and oxygen atoms in total. The smallest absolute Gasteiger partial charge is 0.338 e. The van der Waals surface area contributed by atoms with Crippen LogP contribution in [-0.2, 0) is 16.1 Å². The van der Waals surface area contributed by atoms with Crippen molar-refractivity contribution >= 4 is 41.8 Å². The number of halogens is 1. The third-order valence-corrected chi connectivity index (χ3v) is 3.16. The Morgan fingerprint density at radius 2 is 1.70 bits per heavy atom. The normalized spacial score (nSPS) is 11.2. The van der Waals surface area contributed by atoms with E-state index in [0.29, 0.717) is 31.2 Å². The molecule has 0 aliphatic rings. The van der Waals surface area contributed by atoms with Gasteiger partial charge in [-0.3, -0.25) is 4.79 Å². The summed E-state index contributed by atoms with van der Waals surface area (Å²) in [6.07, 6.45) is 0. The number of nitrogens with zero attached hydrogens (tertiary/aromatic N) is 1. The van der Waals surface area contributed by atoms with Gasteiger partial charge in [0.25, 0.3) is 0 Å². The number of esters is 1. The molecule has 152 valence electrons. The second kappa shape index (κ2) is 12.5. The van der Waals surface area contributed by atoms with E-state index in [0.717, 1.165) is 5.56 Å². The second-order valence-corrected chi connectivity index (χ2v) is 6.76. The Kier molecular flexibility index (Phi) is 11.7. The fraction of sp³-hybridized carbons (Fsp3) is 0.526. The number of benzene rings is 1. The Balaban J connectivity index is 0.00000676. The van der Waals surface area contributed by atoms with Gasteiger partial charge in [-0.15, -0.1) is 24.0 Å². The molecule has 0 fully saturated rings. The lowest BCUT2D eigenvalue weighted by atomic mass is 10.1. The Morgan fingerprint density at radius 1 is 1.07 bits per heavy atom. The summed E-state index contributed by atoms with van der Waals surface area (Å²) in [5, 5.41) is 9.00. The first-order chi connectivity index (χ1) is 12.2. The van der Waals surface area contributed by atoms with E-state index in [1.807, 2.05) is 39.8 Å². The quantitative estimate of drug-likeness (QED) is 0.237. The predicted molar refractivity (Wildman–Crippen MR) is 119 cm³/mol. The molecule has 27 heavy (non-hydrogen) atoms. The standard InChI is InChI=1S/C19H30N4O3.HI/c1-6-20-18(22-13-16(24)23-19(3,4)5)21-12-14-8-10-15(11-9-14)17(25)26-7-2;/h8-11H,6-7,12-13H2,1-5H3,(H,23,24)(H2,20,21,22);1H. The first kappa shape index (κ1) is 25.2. The summed E-state index contributed by atoms with van der Waals surface area (Å²) >= 11 is 0. The molecule has 0 aliphatic carbocycles. The van der Waals surface area contributed by atoms with Crippen LogP contribution >= 0.6 is 24.0 Å². The van der Waals surface area contributed by atoms with E-state index in [1.165, 1.54) is 0 Å². The van der Waals surface area contributed by atoms with Gasteiger partial charge in [0.05, 0.1) is 25.3 Å². The van der Waals surface area contributed by atoms with Crippen molar-refractivity contribution in [2.24, 2.45) is 4.99 Å². The molecule has 3 N–H and O–H groups in total. The lowest BCUT2D eigenvalue weighted by Crippen LogP contribution is -2.48. The minimum atomic E-state index is -0.331. The molecule has 0 saturated carbocycles. The number of carbonyl (C=O) groups is 2. The van der Waals surface area contributed by atoms with Crippen molar-refractivity contribution in [2.75, 3.05) is 19.7 Å². The average Bonchev–Trinajstić information content (AvgIpc) is 2.56. The number of rotatable bonds is 7. The first-order valence-electron chi connectivity index (χ1n) is 8.84. The highest BCUT2D eigenvalue weighted by Gasteiger charge is 2.13. The van der Waals surface area contributed by atoms with E-state index in [4.69, 9.17) is 4.74 Å². The number of amides is 1. The van der Waals surface area contributed by atoms with Crippen molar-refractivity contribution in [1.29, 1.82) is 0 Å². The monoisotopic (exact) mass is 490 g/mol. The fourth-order valence-corrected chi connectivity index (χ4v) is 2.10. The Morgan fingerprint density at radius 3 is 2.22 bits per heavy atom. The van der Waals surface area contributed by atoms with E-state index >= 15 is 0 Å². The van der Waals surface area contributed by atoms with Crippen LogP contribution in [0.2, 0.25) is 0 Å². The van der Waals surface area contributed by atoms with E-state index in [9.17, 15) is 9.59 Å². The SMILES string of the molecule is CCNC(=NCc1ccc(C(=O)OCC)cc1)NCC(=O)NC(C)(C)C.I. The molecule has 1 aromatic rings. The van der Waals surface area contributed by atoms with Gasteiger partial charge in [-0.25, -0.2) is 9.79 Å². The van der Waals surface area contributed by atoms with E-state index in [-0.39, 0.29) is 47.9 Å². The van der Waals surface area contributed by atoms with Crippen LogP contribution in [-0.4, -0.2) is 43.1 Å². The van der Waals surface area contributed by atoms with Gasteiger partial charge in [0.1, 0.15) is 0 Å². The second-order valence-electron chi connectivity index (χ2n) is 6.76. The molecule has 0 radical (unpaired) electrons. The maximum Gasteiger partial charge on any atom is 0.338 e. The van der Waals surface area contributed by atoms with E-state index in [2.05, 4.69) is 20.9 Å². The van der Waals surface area contributed by atoms with Crippen LogP contribution in [0.3, 0.4) is 0 Å². The molecule has 0 aliphatic heterocycles. The largest absolute Gasteiger partial charge is 0.462 e. The van der Waals surface area contributed by atoms with Crippen LogP contribution < -0.4 is 16.0 Å². The van der Waals surface area contributed by atoms with Gasteiger partial charge < -0.3 is 20.7 Å². The number of aliphatic imine (C=N–C) groups is 1. The van der Waals surface area contributed by atoms with Gasteiger partial charge in [-0.1, -0.05) is 12.1 Å². The van der Waals surface area contributed by atoms with Gasteiger partial charge in [-0.05, 0) is 52.3 Å². The van der Waals surface area contributed by atoms with Gasteiger partial charge in [-0.2, -0.15) is 0 Å². The van der Waals surface area contributed by atoms with E-state index < -0.39 is 0 Å². The summed E-state index contributed by atoms with van der Waals surface area (Å²) in [7, 11) is 0. The summed E-state index contributed by atoms with van der Waals surface area (Å²) in [4.78, 5) is 28.0. The van der Waals surface area contributed by atoms with Crippen molar-refractivity contribution in [1.82, 2.24) is 16.0 Å². The molecule has 0 aromatic heterocycles. The lowest BCUT2D eigenvalue weighted by molar-refractivity contribution is -0.121. The molecular formula is C19H31IN4O3. The highest BCUT2D eigenvalue weighted by molar-refractivity contribution is 14.0. The lowest BCUT2D eigenvalue weighted by Gasteiger charge is -2.21. The summed E-state index contributed by atoms with van der Waals surface area (Å²) in [6, 6.07) is 7.12. The van der Waals surface area contributed by atoms with Crippen LogP contribution in [0.5, 0.6) is 0 Å². The van der Waals surface area contributed by atoms with Gasteiger partial charge in [0.15, 0.2) is 5.96 Å². The Hall–Kier alpha value is -1.84. The van der Waals surface area contributed by atoms with Crippen molar-refractivity contribution in [3.05, 3.63) is 35.4 Å². The number of hydrogen-bond donors (Lipinski definition) is 3. The highest BCUT2D eigenvalue weighted by Crippen LogP contribution is 2.07. The molecule has 1 rings (SSSR count). The maximum absolute atomic E-state index is 11.9. The predicted octanol–water partition coefficient (Wildman–Crippen LogP) is 2.45. The molecule has 1 amide bonds. The molecule has 1 aromatic carbocycles. The third-order valence-electron chi connectivity index (χ3n) is 3.16. The molecule has 0 atom stereocenters. The van der Waals surface area contributed by atoms with Crippen LogP contribution in [0.25, 0.3) is 0 Å². The van der Waals surface area contributed by atoms with Crippen molar-refractivity contribution in [2.45, 2.75) is 46.7 Å². The number of ether oxygens (including phenoxy) is 1. The molecule has 0 heterocycles. The number of guanidine groups is 1. The number of hydrogen-bond acceptors (Lipinski definition) is 4. The molecule has 8 heteroatoms. The fourth-order valence-electron chi connectivity index (χ4n) is 2.10. The summed E-state index contributed by atoms with van der Waals surface area (Å²) in [5.74, 6) is 0.135. The minimum absolute atomic E-state index is 0. The van der Waals surface area contributed by atoms with Crippen LogP contribution in [0.1, 0.15) is 50.5 Å². The Labute approximate surface area is 178 Å². The van der Waals surface area contributed by atoms with Crippen LogP contribution in [0.4, 0.5) is 0 Å². The Bertz CT molecular complexity index is 625. The first-order valence-corrected chi connectivity index (χ1v) is 8.84. The molecular weight excluding hydrogens is 459 g/mol. The molecule has 0 unspecified atom stereocenters. The van der Waals surface area contributed by atoms with Gasteiger partial charge in [0, 0.05) is 12.1 Å².